The molecule has 0 aliphatic heterocycles. The molecule has 0 spiro atoms. The molecule has 0 bridgehead atoms. The molecule has 0 unspecified atom stereocenters. The fraction of sp³-hybridized carbons (Fsp3) is 0.955. The van der Waals surface area contributed by atoms with Gasteiger partial charge in [-0.15, -0.1) is 0 Å². The second-order valence-corrected chi connectivity index (χ2v) is 30.3. The fourth-order valence-corrected chi connectivity index (χ4v) is 15.7. The van der Waals surface area contributed by atoms with Gasteiger partial charge in [-0.1, -0.05) is 213 Å². The van der Waals surface area contributed by atoms with Crippen LogP contribution in [0.3, 0.4) is 0 Å². The van der Waals surface area contributed by atoms with Crippen LogP contribution < -0.4 is 0 Å². The average Bonchev–Trinajstić information content (AvgIpc) is 3.38. The van der Waals surface area contributed by atoms with Crippen molar-refractivity contribution >= 4 is 37.5 Å². The number of carbonyl (C=O) groups is 3. The Hall–Kier alpha value is -0.791. The summed E-state index contributed by atoms with van der Waals surface area (Å²) in [6.45, 7) is 6.87. The molecule has 0 aromatic rings. The first-order valence-electron chi connectivity index (χ1n) is 34.0. The second-order valence-electron chi connectivity index (χ2n) is 23.6. The molecule has 6 nitrogen and oxygen atoms in total. The average molecular weight is 1150 g/mol. The van der Waals surface area contributed by atoms with Gasteiger partial charge in [-0.25, -0.2) is 0 Å². The Labute approximate surface area is 469 Å². The monoisotopic (exact) mass is 1150 g/mol. The van der Waals surface area contributed by atoms with E-state index in [0.717, 1.165) is 57.8 Å². The first-order valence-corrected chi connectivity index (χ1v) is 40.4. The maximum absolute atomic E-state index is 13.1. The van der Waals surface area contributed by atoms with Crippen molar-refractivity contribution in [2.24, 2.45) is 0 Å². The molecule has 0 aliphatic rings. The van der Waals surface area contributed by atoms with Gasteiger partial charge in [0.1, 0.15) is 0 Å². The fourth-order valence-electron chi connectivity index (χ4n) is 10.9. The van der Waals surface area contributed by atoms with Crippen LogP contribution in [0.4, 0.5) is 0 Å². The third-order valence-corrected chi connectivity index (χ3v) is 21.0. The minimum atomic E-state index is -4.76. The van der Waals surface area contributed by atoms with E-state index in [1.165, 1.54) is 308 Å². The molecule has 74 heavy (non-hydrogen) atoms. The standard InChI is InChI=1S/3C22H44O2.CH3.Sn/c3*1-2-3-4-5-6-7-8-9-10-11-12-13-14-15-16-17-18-19-20-21-22(23)24;;/h3*2-21H2,1H3,(H,23,24);1H3;/q;;;;+3/p-3. The van der Waals surface area contributed by atoms with Gasteiger partial charge in [-0.3, -0.25) is 0 Å². The summed E-state index contributed by atoms with van der Waals surface area (Å²) in [6.07, 6.45) is 75.3. The number of hydrogen-bond acceptors (Lipinski definition) is 6. The first kappa shape index (κ1) is 73.2. The van der Waals surface area contributed by atoms with E-state index in [-0.39, 0.29) is 37.2 Å². The van der Waals surface area contributed by atoms with Crippen LogP contribution >= 0.6 is 0 Å². The molecule has 0 saturated carbocycles. The SMILES string of the molecule is CCCCCCCCCCCCCCCCCCCCCC(=O)[O][Sn]([CH3])([O]C(=O)CCCCCCCCCCCCCCCCCCCCC)[O]C(=O)CCCCCCCCCCCCCCCCCCCCC. The third-order valence-electron chi connectivity index (χ3n) is 15.9. The van der Waals surface area contributed by atoms with E-state index in [4.69, 9.17) is 9.22 Å². The minimum Gasteiger partial charge on any atom is -0.0654 e. The Morgan fingerprint density at radius 2 is 0.311 bits per heavy atom. The van der Waals surface area contributed by atoms with E-state index in [2.05, 4.69) is 20.8 Å². The van der Waals surface area contributed by atoms with Gasteiger partial charge in [0, 0.05) is 0 Å². The van der Waals surface area contributed by atoms with Gasteiger partial charge in [-0.2, -0.15) is 0 Å². The van der Waals surface area contributed by atoms with Crippen LogP contribution in [0.2, 0.25) is 4.94 Å². The van der Waals surface area contributed by atoms with Gasteiger partial charge in [0.2, 0.25) is 0 Å². The summed E-state index contributed by atoms with van der Waals surface area (Å²) in [7, 11) is 0. The topological polar surface area (TPSA) is 78.9 Å². The van der Waals surface area contributed by atoms with Crippen molar-refractivity contribution in [3.63, 3.8) is 0 Å². The Balaban J connectivity index is 4.39. The zero-order valence-corrected chi connectivity index (χ0v) is 53.7. The van der Waals surface area contributed by atoms with Gasteiger partial charge in [-0.05, 0) is 0 Å². The van der Waals surface area contributed by atoms with Crippen molar-refractivity contribution in [2.75, 3.05) is 0 Å². The molecule has 0 aromatic carbocycles. The molecule has 0 rings (SSSR count). The Morgan fingerprint density at radius 1 is 0.203 bits per heavy atom. The van der Waals surface area contributed by atoms with Crippen molar-refractivity contribution in [1.82, 2.24) is 0 Å². The number of unbranched alkanes of at least 4 members (excludes halogenated alkanes) is 54. The molecule has 0 aromatic heterocycles. The molecule has 0 heterocycles. The van der Waals surface area contributed by atoms with Crippen LogP contribution in [0.25, 0.3) is 0 Å². The number of carbonyl (C=O) groups excluding carboxylic acids is 3. The molecule has 0 radical (unpaired) electrons. The summed E-state index contributed by atoms with van der Waals surface area (Å²) < 4.78 is 17.7. The predicted octanol–water partition coefficient (Wildman–Crippen LogP) is 23.7. The zero-order valence-electron chi connectivity index (χ0n) is 50.9. The zero-order chi connectivity index (χ0) is 53.8. The smallest absolute Gasteiger partial charge is 0.0654 e. The molecule has 0 fully saturated rings. The van der Waals surface area contributed by atoms with Gasteiger partial charge >= 0.3 is 259 Å². The van der Waals surface area contributed by atoms with E-state index < -0.39 is 19.6 Å². The third kappa shape index (κ3) is 58.9. The van der Waals surface area contributed by atoms with E-state index in [0.29, 0.717) is 0 Å². The Morgan fingerprint density at radius 3 is 0.432 bits per heavy atom. The van der Waals surface area contributed by atoms with E-state index in [9.17, 15) is 14.4 Å². The molecular formula is C67H132O6Sn. The molecule has 0 saturated heterocycles. The van der Waals surface area contributed by atoms with Crippen LogP contribution in [0.15, 0.2) is 0 Å². The molecule has 0 aliphatic carbocycles. The van der Waals surface area contributed by atoms with Crippen molar-refractivity contribution in [2.45, 2.75) is 411 Å². The van der Waals surface area contributed by atoms with E-state index in [1.54, 1.807) is 4.94 Å². The minimum absolute atomic E-state index is 0.277. The summed E-state index contributed by atoms with van der Waals surface area (Å²) in [5, 5.41) is 0. The molecule has 0 atom stereocenters. The van der Waals surface area contributed by atoms with Crippen molar-refractivity contribution < 1.29 is 23.6 Å². The predicted molar refractivity (Wildman–Crippen MR) is 324 cm³/mol. The normalized spacial score (nSPS) is 11.7. The summed E-state index contributed by atoms with van der Waals surface area (Å²) >= 11 is -4.76. The van der Waals surface area contributed by atoms with Crippen molar-refractivity contribution in [3.8, 4) is 0 Å². The Kier molecular flexibility index (Phi) is 60.8. The van der Waals surface area contributed by atoms with Gasteiger partial charge < -0.3 is 0 Å². The summed E-state index contributed by atoms with van der Waals surface area (Å²) in [5.74, 6) is -1.16. The summed E-state index contributed by atoms with van der Waals surface area (Å²) in [4.78, 5) is 41.0. The van der Waals surface area contributed by atoms with Crippen molar-refractivity contribution in [3.05, 3.63) is 0 Å². The summed E-state index contributed by atoms with van der Waals surface area (Å²) in [6, 6.07) is 0. The van der Waals surface area contributed by atoms with Crippen molar-refractivity contribution in [1.29, 1.82) is 0 Å². The quantitative estimate of drug-likeness (QED) is 0.0446. The maximum atomic E-state index is 13.1. The molecular weight excluding hydrogens is 1020 g/mol. The molecule has 0 amide bonds. The molecule has 7 heteroatoms. The van der Waals surface area contributed by atoms with Gasteiger partial charge in [0.05, 0.1) is 0 Å². The van der Waals surface area contributed by atoms with Crippen LogP contribution in [0.1, 0.15) is 406 Å². The van der Waals surface area contributed by atoms with Crippen LogP contribution in [0, 0.1) is 0 Å². The van der Waals surface area contributed by atoms with Crippen LogP contribution in [-0.4, -0.2) is 37.5 Å². The van der Waals surface area contributed by atoms with Gasteiger partial charge in [0.25, 0.3) is 0 Å². The number of hydrogen-bond donors (Lipinski definition) is 0. The second kappa shape index (κ2) is 61.4. The molecule has 0 N–H and O–H groups in total. The van der Waals surface area contributed by atoms with Crippen LogP contribution in [-0.2, 0) is 23.6 Å². The Bertz CT molecular complexity index is 1010. The molecule has 440 valence electrons. The van der Waals surface area contributed by atoms with E-state index in [1.807, 2.05) is 0 Å². The first-order chi connectivity index (χ1) is 36.4. The van der Waals surface area contributed by atoms with E-state index >= 15 is 0 Å². The summed E-state index contributed by atoms with van der Waals surface area (Å²) in [5.41, 5.74) is 0. The van der Waals surface area contributed by atoms with Crippen LogP contribution in [0.5, 0.6) is 0 Å². The number of rotatable bonds is 63. The van der Waals surface area contributed by atoms with Gasteiger partial charge in [0.15, 0.2) is 0 Å².